The SMILES string of the molecule is CCOC(=O)Nc1cc2ccnc(C#Cc3ccc(C(N)=O)cc3)c2o1. The van der Waals surface area contributed by atoms with Gasteiger partial charge < -0.3 is 14.9 Å². The highest BCUT2D eigenvalue weighted by molar-refractivity contribution is 5.93. The fourth-order valence-electron chi connectivity index (χ4n) is 2.23. The molecule has 0 unspecified atom stereocenters. The molecule has 0 aliphatic carbocycles. The second kappa shape index (κ2) is 7.40. The van der Waals surface area contributed by atoms with Gasteiger partial charge in [0.1, 0.15) is 0 Å². The van der Waals surface area contributed by atoms with Crippen LogP contribution >= 0.6 is 0 Å². The van der Waals surface area contributed by atoms with Crippen LogP contribution in [-0.4, -0.2) is 23.6 Å². The smallest absolute Gasteiger partial charge is 0.413 e. The Hall–Kier alpha value is -3.79. The van der Waals surface area contributed by atoms with Gasteiger partial charge in [-0.1, -0.05) is 5.92 Å². The van der Waals surface area contributed by atoms with Crippen molar-refractivity contribution in [3.05, 3.63) is 59.4 Å². The minimum atomic E-state index is -0.596. The standard InChI is InChI=1S/C19H15N3O4/c1-2-25-19(24)22-16-11-14-9-10-21-15(17(14)26-16)8-5-12-3-6-13(7-4-12)18(20)23/h3-4,6-7,9-11H,2H2,1H3,(H2,20,23)(H,22,24). The average molecular weight is 349 g/mol. The number of nitrogens with one attached hydrogen (secondary N) is 1. The van der Waals surface area contributed by atoms with E-state index in [1.165, 1.54) is 0 Å². The van der Waals surface area contributed by atoms with Crippen molar-refractivity contribution in [2.24, 2.45) is 5.73 Å². The molecule has 7 nitrogen and oxygen atoms in total. The number of ether oxygens (including phenoxy) is 1. The third-order valence-electron chi connectivity index (χ3n) is 3.43. The highest BCUT2D eigenvalue weighted by Crippen LogP contribution is 2.24. The molecule has 2 heterocycles. The zero-order valence-corrected chi connectivity index (χ0v) is 13.9. The number of amides is 2. The van der Waals surface area contributed by atoms with Gasteiger partial charge in [0, 0.05) is 28.8 Å². The summed E-state index contributed by atoms with van der Waals surface area (Å²) in [6.07, 6.45) is 1.01. The summed E-state index contributed by atoms with van der Waals surface area (Å²) < 4.78 is 10.4. The first-order valence-corrected chi connectivity index (χ1v) is 7.81. The quantitative estimate of drug-likeness (QED) is 0.707. The molecular formula is C19H15N3O4. The van der Waals surface area contributed by atoms with Crippen LogP contribution in [0.3, 0.4) is 0 Å². The summed E-state index contributed by atoms with van der Waals surface area (Å²) in [5.74, 6) is 5.64. The maximum Gasteiger partial charge on any atom is 0.413 e. The lowest BCUT2D eigenvalue weighted by Gasteiger charge is -2.00. The summed E-state index contributed by atoms with van der Waals surface area (Å²) in [5.41, 5.74) is 7.21. The third kappa shape index (κ3) is 3.82. The normalized spacial score (nSPS) is 10.0. The molecule has 3 rings (SSSR count). The topological polar surface area (TPSA) is 107 Å². The predicted octanol–water partition coefficient (Wildman–Crippen LogP) is 2.89. The number of carbonyl (C=O) groups excluding carboxylic acids is 2. The molecule has 2 amide bonds. The number of rotatable bonds is 3. The molecular weight excluding hydrogens is 334 g/mol. The average Bonchev–Trinajstić information content (AvgIpc) is 3.03. The van der Waals surface area contributed by atoms with E-state index in [9.17, 15) is 9.59 Å². The molecule has 1 aromatic carbocycles. The minimum absolute atomic E-state index is 0.250. The van der Waals surface area contributed by atoms with Crippen LogP contribution in [0.1, 0.15) is 28.5 Å². The van der Waals surface area contributed by atoms with Crippen molar-refractivity contribution in [2.45, 2.75) is 6.92 Å². The number of benzene rings is 1. The molecule has 0 aliphatic rings. The Kier molecular flexibility index (Phi) is 4.85. The molecule has 0 atom stereocenters. The van der Waals surface area contributed by atoms with Gasteiger partial charge >= 0.3 is 6.09 Å². The zero-order chi connectivity index (χ0) is 18.5. The molecule has 0 aliphatic heterocycles. The number of hydrogen-bond acceptors (Lipinski definition) is 5. The summed E-state index contributed by atoms with van der Waals surface area (Å²) in [6.45, 7) is 1.98. The van der Waals surface area contributed by atoms with Crippen molar-refractivity contribution in [2.75, 3.05) is 11.9 Å². The van der Waals surface area contributed by atoms with Crippen molar-refractivity contribution in [1.82, 2.24) is 4.98 Å². The van der Waals surface area contributed by atoms with Crippen molar-refractivity contribution >= 4 is 28.9 Å². The lowest BCUT2D eigenvalue weighted by Crippen LogP contribution is -2.12. The van der Waals surface area contributed by atoms with Gasteiger partial charge in [0.15, 0.2) is 11.3 Å². The van der Waals surface area contributed by atoms with Gasteiger partial charge in [-0.3, -0.25) is 10.1 Å². The van der Waals surface area contributed by atoms with Crippen molar-refractivity contribution in [3.8, 4) is 11.8 Å². The summed E-state index contributed by atoms with van der Waals surface area (Å²) in [7, 11) is 0. The second-order valence-corrected chi connectivity index (χ2v) is 5.23. The van der Waals surface area contributed by atoms with Crippen molar-refractivity contribution < 1.29 is 18.7 Å². The van der Waals surface area contributed by atoms with Crippen LogP contribution in [0.4, 0.5) is 10.7 Å². The van der Waals surface area contributed by atoms with Crippen molar-refractivity contribution in [1.29, 1.82) is 0 Å². The third-order valence-corrected chi connectivity index (χ3v) is 3.43. The number of fused-ring (bicyclic) bond motifs is 1. The number of hydrogen-bond donors (Lipinski definition) is 2. The predicted molar refractivity (Wildman–Crippen MR) is 95.6 cm³/mol. The number of pyridine rings is 1. The van der Waals surface area contributed by atoms with Crippen LogP contribution in [0.2, 0.25) is 0 Å². The second-order valence-electron chi connectivity index (χ2n) is 5.23. The summed E-state index contributed by atoms with van der Waals surface area (Å²) in [4.78, 5) is 26.8. The van der Waals surface area contributed by atoms with E-state index in [2.05, 4.69) is 22.1 Å². The molecule has 2 aromatic heterocycles. The Bertz CT molecular complexity index is 1030. The lowest BCUT2D eigenvalue weighted by atomic mass is 10.1. The van der Waals surface area contributed by atoms with E-state index in [-0.39, 0.29) is 12.5 Å². The van der Waals surface area contributed by atoms with Crippen LogP contribution in [0.25, 0.3) is 11.0 Å². The number of nitrogens with zero attached hydrogens (tertiary/aromatic N) is 1. The van der Waals surface area contributed by atoms with E-state index in [0.717, 1.165) is 5.39 Å². The number of aromatic nitrogens is 1. The Labute approximate surface area is 149 Å². The summed E-state index contributed by atoms with van der Waals surface area (Å²) in [6, 6.07) is 10.0. The molecule has 26 heavy (non-hydrogen) atoms. The van der Waals surface area contributed by atoms with E-state index in [4.69, 9.17) is 14.9 Å². The molecule has 0 saturated heterocycles. The molecule has 0 spiro atoms. The fraction of sp³-hybridized carbons (Fsp3) is 0.105. The lowest BCUT2D eigenvalue weighted by molar-refractivity contribution is 0.1000. The van der Waals surface area contributed by atoms with E-state index in [1.54, 1.807) is 49.5 Å². The van der Waals surface area contributed by atoms with E-state index >= 15 is 0 Å². The number of nitrogens with two attached hydrogens (primary N) is 1. The number of furan rings is 1. The highest BCUT2D eigenvalue weighted by atomic mass is 16.5. The van der Waals surface area contributed by atoms with Crippen LogP contribution < -0.4 is 11.1 Å². The van der Waals surface area contributed by atoms with E-state index in [1.807, 2.05) is 0 Å². The first-order chi connectivity index (χ1) is 12.6. The molecule has 0 bridgehead atoms. The van der Waals surface area contributed by atoms with E-state index in [0.29, 0.717) is 22.4 Å². The maximum atomic E-state index is 11.5. The van der Waals surface area contributed by atoms with E-state index < -0.39 is 12.0 Å². The first-order valence-electron chi connectivity index (χ1n) is 7.81. The molecule has 0 fully saturated rings. The van der Waals surface area contributed by atoms with Crippen LogP contribution in [-0.2, 0) is 4.74 Å². The number of primary amides is 1. The van der Waals surface area contributed by atoms with Gasteiger partial charge in [-0.05, 0) is 43.2 Å². The van der Waals surface area contributed by atoms with Crippen LogP contribution in [0.5, 0.6) is 0 Å². The Morgan fingerprint density at radius 1 is 1.23 bits per heavy atom. The van der Waals surface area contributed by atoms with Crippen LogP contribution in [0, 0.1) is 11.8 Å². The molecule has 130 valence electrons. The molecule has 0 saturated carbocycles. The Morgan fingerprint density at radius 3 is 2.69 bits per heavy atom. The molecule has 7 heteroatoms. The Balaban J connectivity index is 1.87. The molecule has 3 aromatic rings. The molecule has 0 radical (unpaired) electrons. The number of anilines is 1. The highest BCUT2D eigenvalue weighted by Gasteiger charge is 2.11. The summed E-state index contributed by atoms with van der Waals surface area (Å²) in [5, 5.41) is 3.25. The van der Waals surface area contributed by atoms with Gasteiger partial charge in [-0.15, -0.1) is 0 Å². The van der Waals surface area contributed by atoms with Gasteiger partial charge in [-0.2, -0.15) is 0 Å². The fourth-order valence-corrected chi connectivity index (χ4v) is 2.23. The monoisotopic (exact) mass is 349 g/mol. The largest absolute Gasteiger partial charge is 0.450 e. The minimum Gasteiger partial charge on any atom is -0.450 e. The van der Waals surface area contributed by atoms with Gasteiger partial charge in [0.25, 0.3) is 0 Å². The van der Waals surface area contributed by atoms with Gasteiger partial charge in [0.05, 0.1) is 6.61 Å². The maximum absolute atomic E-state index is 11.5. The van der Waals surface area contributed by atoms with Gasteiger partial charge in [-0.25, -0.2) is 9.78 Å². The van der Waals surface area contributed by atoms with Crippen LogP contribution in [0.15, 0.2) is 47.0 Å². The Morgan fingerprint density at radius 2 is 2.00 bits per heavy atom. The first kappa shape index (κ1) is 17.0. The summed E-state index contributed by atoms with van der Waals surface area (Å²) >= 11 is 0. The number of carbonyl (C=O) groups is 2. The zero-order valence-electron chi connectivity index (χ0n) is 13.9. The van der Waals surface area contributed by atoms with Gasteiger partial charge in [0.2, 0.25) is 11.8 Å². The molecule has 3 N–H and O–H groups in total. The van der Waals surface area contributed by atoms with Crippen molar-refractivity contribution in [3.63, 3.8) is 0 Å².